The lowest BCUT2D eigenvalue weighted by atomic mass is 10.4. The van der Waals surface area contributed by atoms with Crippen LogP contribution in [0.2, 0.25) is 13.1 Å². The average Bonchev–Trinajstić information content (AvgIpc) is 1.66. The van der Waals surface area contributed by atoms with Crippen molar-refractivity contribution in [1.29, 1.82) is 0 Å². The summed E-state index contributed by atoms with van der Waals surface area (Å²) in [4.78, 5) is 0. The fraction of sp³-hybridized carbons (Fsp3) is 1.00. The molecule has 0 saturated heterocycles. The van der Waals surface area contributed by atoms with Gasteiger partial charge in [-0.1, -0.05) is 13.3 Å². The first-order chi connectivity index (χ1) is 3.77. The topological polar surface area (TPSA) is 9.23 Å². The molecule has 0 bridgehead atoms. The van der Waals surface area contributed by atoms with Crippen LogP contribution in [0.15, 0.2) is 0 Å². The highest BCUT2D eigenvalue weighted by Crippen LogP contribution is 1.89. The summed E-state index contributed by atoms with van der Waals surface area (Å²) in [5.41, 5.74) is 0. The molecular weight excluding hydrogens is 116 g/mol. The zero-order valence-electron chi connectivity index (χ0n) is 6.03. The van der Waals surface area contributed by atoms with Gasteiger partial charge in [0.1, 0.15) is 0 Å². The lowest BCUT2D eigenvalue weighted by molar-refractivity contribution is 0.317. The summed E-state index contributed by atoms with van der Waals surface area (Å²) >= 11 is 0. The minimum absolute atomic E-state index is 0.407. The van der Waals surface area contributed by atoms with Crippen molar-refractivity contribution in [3.63, 3.8) is 0 Å². The molecule has 0 saturated carbocycles. The molecule has 0 rings (SSSR count). The normalized spacial score (nSPS) is 10.5. The fourth-order valence-corrected chi connectivity index (χ4v) is 0.973. The lowest BCUT2D eigenvalue weighted by Crippen LogP contribution is -2.07. The second-order valence-electron chi connectivity index (χ2n) is 2.11. The van der Waals surface area contributed by atoms with Crippen molar-refractivity contribution in [3.05, 3.63) is 0 Å². The summed E-state index contributed by atoms with van der Waals surface area (Å²) in [6.45, 7) is 7.49. The Bertz CT molecular complexity index is 45.8. The first-order valence-corrected chi connectivity index (χ1v) is 5.61. The molecular formula is C6H15OSi. The van der Waals surface area contributed by atoms with Gasteiger partial charge < -0.3 is 4.43 Å². The van der Waals surface area contributed by atoms with Crippen molar-refractivity contribution < 1.29 is 4.43 Å². The van der Waals surface area contributed by atoms with E-state index in [0.29, 0.717) is 0 Å². The molecule has 0 heterocycles. The molecule has 0 atom stereocenters. The van der Waals surface area contributed by atoms with E-state index in [2.05, 4.69) is 20.0 Å². The highest BCUT2D eigenvalue weighted by Gasteiger charge is 1.92. The molecule has 0 spiro atoms. The smallest absolute Gasteiger partial charge is 0.204 e. The first kappa shape index (κ1) is 8.18. The zero-order chi connectivity index (χ0) is 6.41. The van der Waals surface area contributed by atoms with Gasteiger partial charge in [-0.25, -0.2) is 0 Å². The third-order valence-electron chi connectivity index (χ3n) is 0.889. The highest BCUT2D eigenvalue weighted by atomic mass is 28.3. The second-order valence-corrected chi connectivity index (χ2v) is 4.22. The van der Waals surface area contributed by atoms with E-state index in [1.165, 1.54) is 12.8 Å². The molecule has 0 aromatic carbocycles. The van der Waals surface area contributed by atoms with Gasteiger partial charge in [0, 0.05) is 6.61 Å². The standard InChI is InChI=1S/C6H15OSi/c1-4-5-6-7-8(2)3/h4-6H2,1-3H3. The molecule has 0 N–H and O–H groups in total. The van der Waals surface area contributed by atoms with E-state index in [1.807, 2.05) is 0 Å². The van der Waals surface area contributed by atoms with Gasteiger partial charge in [0.25, 0.3) is 0 Å². The molecule has 1 radical (unpaired) electrons. The predicted octanol–water partition coefficient (Wildman–Crippen LogP) is 2.05. The van der Waals surface area contributed by atoms with Gasteiger partial charge in [-0.05, 0) is 19.5 Å². The summed E-state index contributed by atoms with van der Waals surface area (Å²) in [6, 6.07) is 0. The molecule has 0 aromatic heterocycles. The van der Waals surface area contributed by atoms with Crippen LogP contribution in [0.5, 0.6) is 0 Å². The molecule has 2 heteroatoms. The largest absolute Gasteiger partial charge is 0.417 e. The van der Waals surface area contributed by atoms with E-state index in [0.717, 1.165) is 6.61 Å². The molecule has 0 aromatic rings. The van der Waals surface area contributed by atoms with Crippen molar-refractivity contribution in [2.75, 3.05) is 6.61 Å². The lowest BCUT2D eigenvalue weighted by Gasteiger charge is -2.02. The Morgan fingerprint density at radius 1 is 1.38 bits per heavy atom. The molecule has 1 nitrogen and oxygen atoms in total. The van der Waals surface area contributed by atoms with E-state index in [-0.39, 0.29) is 0 Å². The van der Waals surface area contributed by atoms with E-state index < -0.39 is 9.04 Å². The third kappa shape index (κ3) is 6.18. The summed E-state index contributed by atoms with van der Waals surface area (Å²) in [6.07, 6.45) is 2.46. The SMILES string of the molecule is CCCCO[Si](C)C. The van der Waals surface area contributed by atoms with Crippen molar-refractivity contribution in [3.8, 4) is 0 Å². The summed E-state index contributed by atoms with van der Waals surface area (Å²) in [5.74, 6) is 0. The monoisotopic (exact) mass is 131 g/mol. The summed E-state index contributed by atoms with van der Waals surface area (Å²) < 4.78 is 5.38. The van der Waals surface area contributed by atoms with Gasteiger partial charge in [-0.3, -0.25) is 0 Å². The van der Waals surface area contributed by atoms with E-state index >= 15 is 0 Å². The fourth-order valence-electron chi connectivity index (χ4n) is 0.421. The van der Waals surface area contributed by atoms with Crippen molar-refractivity contribution >= 4 is 9.04 Å². The number of hydrogen-bond acceptors (Lipinski definition) is 1. The van der Waals surface area contributed by atoms with Gasteiger partial charge in [0.15, 0.2) is 0 Å². The van der Waals surface area contributed by atoms with Crippen LogP contribution in [-0.4, -0.2) is 15.6 Å². The zero-order valence-corrected chi connectivity index (χ0v) is 7.03. The van der Waals surface area contributed by atoms with Crippen molar-refractivity contribution in [2.45, 2.75) is 32.9 Å². The van der Waals surface area contributed by atoms with Gasteiger partial charge in [0.2, 0.25) is 9.04 Å². The molecule has 8 heavy (non-hydrogen) atoms. The van der Waals surface area contributed by atoms with Crippen molar-refractivity contribution in [2.24, 2.45) is 0 Å². The van der Waals surface area contributed by atoms with E-state index in [4.69, 9.17) is 4.43 Å². The van der Waals surface area contributed by atoms with Crippen molar-refractivity contribution in [1.82, 2.24) is 0 Å². The molecule has 0 aliphatic carbocycles. The van der Waals surface area contributed by atoms with E-state index in [9.17, 15) is 0 Å². The van der Waals surface area contributed by atoms with E-state index in [1.54, 1.807) is 0 Å². The van der Waals surface area contributed by atoms with Gasteiger partial charge >= 0.3 is 0 Å². The minimum atomic E-state index is -0.407. The molecule has 0 amide bonds. The van der Waals surface area contributed by atoms with Crippen LogP contribution >= 0.6 is 0 Å². The quantitative estimate of drug-likeness (QED) is 0.419. The van der Waals surface area contributed by atoms with Crippen LogP contribution < -0.4 is 0 Å². The Morgan fingerprint density at radius 2 is 2.00 bits per heavy atom. The van der Waals surface area contributed by atoms with Crippen LogP contribution in [0.4, 0.5) is 0 Å². The van der Waals surface area contributed by atoms with Gasteiger partial charge in [0.05, 0.1) is 0 Å². The molecule has 0 aliphatic heterocycles. The molecule has 49 valence electrons. The number of rotatable bonds is 4. The van der Waals surface area contributed by atoms with Crippen LogP contribution in [0.3, 0.4) is 0 Å². The summed E-state index contributed by atoms with van der Waals surface area (Å²) in [7, 11) is -0.407. The third-order valence-corrected chi connectivity index (χ3v) is 1.67. The summed E-state index contributed by atoms with van der Waals surface area (Å²) in [5, 5.41) is 0. The molecule has 0 unspecified atom stereocenters. The van der Waals surface area contributed by atoms with Gasteiger partial charge in [-0.2, -0.15) is 0 Å². The first-order valence-electron chi connectivity index (χ1n) is 3.20. The Balaban J connectivity index is 2.72. The second kappa shape index (κ2) is 5.32. The maximum absolute atomic E-state index is 5.38. The van der Waals surface area contributed by atoms with Crippen LogP contribution in [0.25, 0.3) is 0 Å². The Morgan fingerprint density at radius 3 is 2.38 bits per heavy atom. The van der Waals surface area contributed by atoms with Gasteiger partial charge in [-0.15, -0.1) is 0 Å². The van der Waals surface area contributed by atoms with Crippen LogP contribution in [-0.2, 0) is 4.43 Å². The maximum Gasteiger partial charge on any atom is 0.204 e. The predicted molar refractivity (Wildman–Crippen MR) is 38.3 cm³/mol. The highest BCUT2D eigenvalue weighted by molar-refractivity contribution is 6.48. The molecule has 0 aliphatic rings. The Labute approximate surface area is 53.8 Å². The van der Waals surface area contributed by atoms with Crippen LogP contribution in [0.1, 0.15) is 19.8 Å². The maximum atomic E-state index is 5.38. The number of unbranched alkanes of at least 4 members (excludes halogenated alkanes) is 1. The molecule has 0 fully saturated rings. The minimum Gasteiger partial charge on any atom is -0.417 e. The Hall–Kier alpha value is 0.177. The average molecular weight is 131 g/mol. The van der Waals surface area contributed by atoms with Crippen LogP contribution in [0, 0.1) is 0 Å². The number of hydrogen-bond donors (Lipinski definition) is 0. The Kier molecular flexibility index (Phi) is 5.43.